The number of halogens is 1. The molecule has 0 bridgehead atoms. The van der Waals surface area contributed by atoms with E-state index in [9.17, 15) is 9.18 Å². The molecule has 34 heavy (non-hydrogen) atoms. The van der Waals surface area contributed by atoms with Gasteiger partial charge >= 0.3 is 0 Å². The smallest absolute Gasteiger partial charge is 0.296 e. The maximum Gasteiger partial charge on any atom is 0.296 e. The fraction of sp³-hybridized carbons (Fsp3) is 0.269. The third kappa shape index (κ3) is 4.51. The molecule has 0 spiro atoms. The van der Waals surface area contributed by atoms with E-state index in [2.05, 4.69) is 4.98 Å². The third-order valence-electron chi connectivity index (χ3n) is 5.72. The van der Waals surface area contributed by atoms with Gasteiger partial charge < -0.3 is 9.47 Å². The van der Waals surface area contributed by atoms with Gasteiger partial charge in [0.1, 0.15) is 34.6 Å². The van der Waals surface area contributed by atoms with Gasteiger partial charge in [-0.2, -0.15) is 0 Å². The summed E-state index contributed by atoms with van der Waals surface area (Å²) in [7, 11) is 0. The van der Waals surface area contributed by atoms with Crippen molar-refractivity contribution >= 4 is 11.3 Å². The van der Waals surface area contributed by atoms with E-state index < -0.39 is 5.60 Å². The van der Waals surface area contributed by atoms with Gasteiger partial charge in [-0.25, -0.2) is 14.4 Å². The first-order valence-corrected chi connectivity index (χ1v) is 11.9. The van der Waals surface area contributed by atoms with Crippen LogP contribution in [0.4, 0.5) is 4.39 Å². The van der Waals surface area contributed by atoms with E-state index in [0.29, 0.717) is 36.1 Å². The molecule has 1 aliphatic rings. The first kappa shape index (κ1) is 22.4. The summed E-state index contributed by atoms with van der Waals surface area (Å²) in [6, 6.07) is 16.1. The van der Waals surface area contributed by atoms with Crippen LogP contribution >= 0.6 is 11.3 Å². The van der Waals surface area contributed by atoms with Crippen molar-refractivity contribution in [3.63, 3.8) is 0 Å². The lowest BCUT2D eigenvalue weighted by molar-refractivity contribution is -0.0565. The van der Waals surface area contributed by atoms with Crippen molar-refractivity contribution in [2.45, 2.75) is 39.0 Å². The Kier molecular flexibility index (Phi) is 6.02. The number of aromatic nitrogens is 3. The molecule has 0 saturated carbocycles. The molecular weight excluding hydrogens is 453 g/mol. The maximum absolute atomic E-state index is 13.5. The van der Waals surface area contributed by atoms with Gasteiger partial charge in [-0.15, -0.1) is 11.3 Å². The van der Waals surface area contributed by atoms with Gasteiger partial charge in [-0.3, -0.25) is 9.36 Å². The van der Waals surface area contributed by atoms with Crippen LogP contribution in [0.2, 0.25) is 0 Å². The molecule has 0 saturated heterocycles. The summed E-state index contributed by atoms with van der Waals surface area (Å²) in [6.07, 6.45) is 2.38. The van der Waals surface area contributed by atoms with Crippen LogP contribution in [0.1, 0.15) is 35.7 Å². The molecule has 4 aromatic rings. The second kappa shape index (κ2) is 9.12. The maximum atomic E-state index is 13.5. The lowest BCUT2D eigenvalue weighted by Crippen LogP contribution is -2.41. The van der Waals surface area contributed by atoms with Gasteiger partial charge in [0, 0.05) is 17.5 Å². The molecular formula is C26H24FN3O3S. The molecule has 0 aliphatic carbocycles. The number of benzene rings is 2. The monoisotopic (exact) mass is 477 g/mol. The van der Waals surface area contributed by atoms with Crippen molar-refractivity contribution in [3.8, 4) is 16.5 Å². The fourth-order valence-electron chi connectivity index (χ4n) is 3.97. The Labute approximate surface area is 200 Å². The van der Waals surface area contributed by atoms with Crippen molar-refractivity contribution in [1.82, 2.24) is 14.5 Å². The van der Waals surface area contributed by atoms with Crippen molar-refractivity contribution < 1.29 is 13.9 Å². The van der Waals surface area contributed by atoms with Crippen LogP contribution < -0.4 is 10.3 Å². The van der Waals surface area contributed by atoms with E-state index in [-0.39, 0.29) is 23.7 Å². The molecule has 0 amide bonds. The highest BCUT2D eigenvalue weighted by Gasteiger charge is 2.34. The average Bonchev–Trinajstić information content (AvgIpc) is 3.29. The van der Waals surface area contributed by atoms with Gasteiger partial charge in [-0.05, 0) is 37.1 Å². The minimum Gasteiger partial charge on any atom is -0.481 e. The van der Waals surface area contributed by atoms with E-state index in [1.807, 2.05) is 44.2 Å². The molecule has 0 radical (unpaired) electrons. The Morgan fingerprint density at radius 2 is 1.88 bits per heavy atom. The number of thiazole rings is 1. The predicted molar refractivity (Wildman–Crippen MR) is 129 cm³/mol. The Hall–Kier alpha value is -3.36. The normalized spacial score (nSPS) is 14.6. The largest absolute Gasteiger partial charge is 0.481 e. The minimum atomic E-state index is -0.710. The van der Waals surface area contributed by atoms with Crippen LogP contribution in [0.3, 0.4) is 0 Å². The molecule has 5 rings (SSSR count). The highest BCUT2D eigenvalue weighted by Crippen LogP contribution is 2.34. The van der Waals surface area contributed by atoms with Gasteiger partial charge in [0.2, 0.25) is 5.75 Å². The van der Waals surface area contributed by atoms with E-state index in [1.54, 1.807) is 22.9 Å². The first-order valence-electron chi connectivity index (χ1n) is 11.1. The Morgan fingerprint density at radius 3 is 2.65 bits per heavy atom. The third-order valence-corrected chi connectivity index (χ3v) is 6.72. The second-order valence-corrected chi connectivity index (χ2v) is 9.75. The van der Waals surface area contributed by atoms with E-state index in [4.69, 9.17) is 14.5 Å². The van der Waals surface area contributed by atoms with Crippen molar-refractivity contribution in [1.29, 1.82) is 0 Å². The van der Waals surface area contributed by atoms with Crippen LogP contribution in [-0.2, 0) is 29.9 Å². The molecule has 174 valence electrons. The van der Waals surface area contributed by atoms with Crippen LogP contribution in [0.25, 0.3) is 10.7 Å². The van der Waals surface area contributed by atoms with Crippen LogP contribution in [-0.4, -0.2) is 21.1 Å². The van der Waals surface area contributed by atoms with Gasteiger partial charge in [0.05, 0.1) is 13.2 Å². The minimum absolute atomic E-state index is 0.188. The molecule has 6 nitrogen and oxygen atoms in total. The SMILES string of the molecule is CC1(C)OCCn2c1nc(-c1ncc(Cc3ccc(F)cc3)s1)c(OCc1ccccc1)c2=O. The molecule has 8 heteroatoms. The summed E-state index contributed by atoms with van der Waals surface area (Å²) in [5.74, 6) is 0.478. The topological polar surface area (TPSA) is 66.2 Å². The fourth-order valence-corrected chi connectivity index (χ4v) is 4.90. The highest BCUT2D eigenvalue weighted by atomic mass is 32.1. The molecule has 0 fully saturated rings. The van der Waals surface area contributed by atoms with Crippen LogP contribution in [0, 0.1) is 5.82 Å². The number of hydrogen-bond acceptors (Lipinski definition) is 6. The summed E-state index contributed by atoms with van der Waals surface area (Å²) in [5, 5.41) is 0.599. The summed E-state index contributed by atoms with van der Waals surface area (Å²) >= 11 is 1.44. The zero-order valence-electron chi connectivity index (χ0n) is 19.0. The van der Waals surface area contributed by atoms with Crippen molar-refractivity contribution in [2.24, 2.45) is 0 Å². The summed E-state index contributed by atoms with van der Waals surface area (Å²) < 4.78 is 26.9. The Morgan fingerprint density at radius 1 is 1.12 bits per heavy atom. The molecule has 0 N–H and O–H groups in total. The molecule has 2 aromatic carbocycles. The molecule has 2 aromatic heterocycles. The quantitative estimate of drug-likeness (QED) is 0.394. The number of nitrogens with zero attached hydrogens (tertiary/aromatic N) is 3. The number of hydrogen-bond donors (Lipinski definition) is 0. The molecule has 1 aliphatic heterocycles. The van der Waals surface area contributed by atoms with E-state index in [1.165, 1.54) is 23.5 Å². The zero-order valence-corrected chi connectivity index (χ0v) is 19.8. The number of ether oxygens (including phenoxy) is 2. The standard InChI is InChI=1S/C26H24FN3O3S/c1-26(2)25-29-21(23-28-15-20(34-23)14-17-8-10-19(27)11-9-17)22(24(31)30(25)12-13-33-26)32-16-18-6-4-3-5-7-18/h3-11,15H,12-14,16H2,1-2H3. The predicted octanol–water partition coefficient (Wildman–Crippen LogP) is 4.94. The van der Waals surface area contributed by atoms with E-state index >= 15 is 0 Å². The Bertz CT molecular complexity index is 1360. The average molecular weight is 478 g/mol. The number of fused-ring (bicyclic) bond motifs is 1. The van der Waals surface area contributed by atoms with Gasteiger partial charge in [0.25, 0.3) is 5.56 Å². The van der Waals surface area contributed by atoms with Crippen molar-refractivity contribution in [2.75, 3.05) is 6.61 Å². The zero-order chi connectivity index (χ0) is 23.7. The van der Waals surface area contributed by atoms with Crippen LogP contribution in [0.5, 0.6) is 5.75 Å². The van der Waals surface area contributed by atoms with Crippen molar-refractivity contribution in [3.05, 3.63) is 98.8 Å². The van der Waals surface area contributed by atoms with Crippen LogP contribution in [0.15, 0.2) is 65.6 Å². The molecule has 3 heterocycles. The summed E-state index contributed by atoms with van der Waals surface area (Å²) in [6.45, 7) is 4.90. The lowest BCUT2D eigenvalue weighted by Gasteiger charge is -2.32. The van der Waals surface area contributed by atoms with Gasteiger partial charge in [0.15, 0.2) is 0 Å². The Balaban J connectivity index is 1.54. The first-order chi connectivity index (χ1) is 16.4. The summed E-state index contributed by atoms with van der Waals surface area (Å²) in [5.41, 5.74) is 1.41. The lowest BCUT2D eigenvalue weighted by atomic mass is 10.1. The highest BCUT2D eigenvalue weighted by molar-refractivity contribution is 7.15. The second-order valence-electron chi connectivity index (χ2n) is 8.64. The summed E-state index contributed by atoms with van der Waals surface area (Å²) in [4.78, 5) is 23.9. The number of rotatable bonds is 6. The van der Waals surface area contributed by atoms with Gasteiger partial charge in [-0.1, -0.05) is 42.5 Å². The van der Waals surface area contributed by atoms with E-state index in [0.717, 1.165) is 16.0 Å². The molecule has 0 atom stereocenters. The molecule has 0 unspecified atom stereocenters.